The molecule has 0 bridgehead atoms. The number of ether oxygens (including phenoxy) is 1. The number of amides is 1. The van der Waals surface area contributed by atoms with Crippen molar-refractivity contribution in [3.05, 3.63) is 54.6 Å². The molecule has 7 nitrogen and oxygen atoms in total. The first-order chi connectivity index (χ1) is 13.8. The van der Waals surface area contributed by atoms with Crippen LogP contribution in [0, 0.1) is 0 Å². The molecule has 2 atom stereocenters. The normalized spacial score (nSPS) is 22.1. The lowest BCUT2D eigenvalue weighted by Gasteiger charge is -2.31. The number of para-hydroxylation sites is 1. The zero-order valence-electron chi connectivity index (χ0n) is 17.0. The molecule has 29 heavy (non-hydrogen) atoms. The van der Waals surface area contributed by atoms with Crippen LogP contribution in [0.4, 0.5) is 11.4 Å². The van der Waals surface area contributed by atoms with Gasteiger partial charge in [0.25, 0.3) is 15.9 Å². The summed E-state index contributed by atoms with van der Waals surface area (Å²) in [7, 11) is -2.22. The summed E-state index contributed by atoms with van der Waals surface area (Å²) in [6.07, 6.45) is 0.229. The minimum absolute atomic E-state index is 0.114. The quantitative estimate of drug-likeness (QED) is 0.737. The number of anilines is 2. The van der Waals surface area contributed by atoms with E-state index in [-0.39, 0.29) is 23.0 Å². The number of sulfonamides is 1. The monoisotopic (exact) mass is 418 g/mol. The fourth-order valence-corrected chi connectivity index (χ4v) is 4.88. The van der Waals surface area contributed by atoms with Crippen molar-refractivity contribution in [1.82, 2.24) is 0 Å². The summed E-state index contributed by atoms with van der Waals surface area (Å²) in [5.41, 5.74) is 1.03. The van der Waals surface area contributed by atoms with E-state index in [1.807, 2.05) is 19.9 Å². The molecule has 1 heterocycles. The number of nitrogens with zero attached hydrogens (tertiary/aromatic N) is 1. The second-order valence-corrected chi connectivity index (χ2v) is 9.45. The fraction of sp³-hybridized carbons (Fsp3) is 0.381. The summed E-state index contributed by atoms with van der Waals surface area (Å²) in [6, 6.07) is 15.2. The number of nitrogens with one attached hydrogen (secondary N) is 2. The van der Waals surface area contributed by atoms with E-state index in [1.165, 1.54) is 23.5 Å². The Bertz CT molecular complexity index is 939. The standard InChI is InChI=1S/C21H27N3O4S/c1-16-13-24(14-17(2)28-16)15-21(25)22-18-8-7-11-20(12-18)29(26,27)23(3)19-9-5-4-6-10-19/h4-12,16-17H,13-15H2,1-3H3,(H,22,25)/p+1/t16-,17-/m0/s1. The summed E-state index contributed by atoms with van der Waals surface area (Å²) in [5.74, 6) is -0.146. The highest BCUT2D eigenvalue weighted by Gasteiger charge is 2.27. The molecule has 0 spiro atoms. The predicted octanol–water partition coefficient (Wildman–Crippen LogP) is 1.14. The second-order valence-electron chi connectivity index (χ2n) is 7.48. The highest BCUT2D eigenvalue weighted by Crippen LogP contribution is 2.23. The number of rotatable bonds is 6. The van der Waals surface area contributed by atoms with Gasteiger partial charge in [0.15, 0.2) is 6.54 Å². The zero-order valence-corrected chi connectivity index (χ0v) is 17.8. The molecule has 1 saturated heterocycles. The fourth-order valence-electron chi connectivity index (χ4n) is 3.63. The highest BCUT2D eigenvalue weighted by atomic mass is 32.2. The smallest absolute Gasteiger partial charge is 0.279 e. The summed E-state index contributed by atoms with van der Waals surface area (Å²) in [6.45, 7) is 5.87. The number of hydrogen-bond donors (Lipinski definition) is 2. The summed E-state index contributed by atoms with van der Waals surface area (Å²) >= 11 is 0. The van der Waals surface area contributed by atoms with E-state index in [1.54, 1.807) is 36.4 Å². The number of benzene rings is 2. The Morgan fingerprint density at radius 1 is 1.10 bits per heavy atom. The summed E-state index contributed by atoms with van der Waals surface area (Å²) < 4.78 is 32.8. The van der Waals surface area contributed by atoms with Gasteiger partial charge in [0.05, 0.1) is 10.6 Å². The van der Waals surface area contributed by atoms with E-state index in [9.17, 15) is 13.2 Å². The Labute approximate surface area is 172 Å². The first kappa shape index (κ1) is 21.3. The molecule has 1 aliphatic rings. The van der Waals surface area contributed by atoms with Gasteiger partial charge in [-0.1, -0.05) is 24.3 Å². The third kappa shape index (κ3) is 5.35. The lowest BCUT2D eigenvalue weighted by Crippen LogP contribution is -3.16. The maximum atomic E-state index is 13.0. The Kier molecular flexibility index (Phi) is 6.56. The van der Waals surface area contributed by atoms with Crippen LogP contribution in [-0.4, -0.2) is 53.2 Å². The van der Waals surface area contributed by atoms with Crippen LogP contribution < -0.4 is 14.5 Å². The lowest BCUT2D eigenvalue weighted by atomic mass is 10.2. The molecule has 1 amide bonds. The van der Waals surface area contributed by atoms with Gasteiger partial charge in [-0.05, 0) is 44.2 Å². The van der Waals surface area contributed by atoms with Crippen molar-refractivity contribution in [2.45, 2.75) is 31.0 Å². The van der Waals surface area contributed by atoms with Gasteiger partial charge in [0, 0.05) is 12.7 Å². The van der Waals surface area contributed by atoms with Gasteiger partial charge in [-0.15, -0.1) is 0 Å². The molecule has 156 valence electrons. The van der Waals surface area contributed by atoms with Crippen LogP contribution in [-0.2, 0) is 19.6 Å². The molecule has 0 saturated carbocycles. The van der Waals surface area contributed by atoms with E-state index in [4.69, 9.17) is 4.74 Å². The minimum atomic E-state index is -3.73. The van der Waals surface area contributed by atoms with E-state index in [2.05, 4.69) is 5.32 Å². The van der Waals surface area contributed by atoms with Crippen LogP contribution in [0.1, 0.15) is 13.8 Å². The highest BCUT2D eigenvalue weighted by molar-refractivity contribution is 7.92. The lowest BCUT2D eigenvalue weighted by molar-refractivity contribution is -0.907. The van der Waals surface area contributed by atoms with Gasteiger partial charge in [0.1, 0.15) is 25.3 Å². The van der Waals surface area contributed by atoms with Crippen molar-refractivity contribution in [3.63, 3.8) is 0 Å². The van der Waals surface area contributed by atoms with E-state index in [0.717, 1.165) is 18.0 Å². The van der Waals surface area contributed by atoms with Gasteiger partial charge < -0.3 is 15.0 Å². The van der Waals surface area contributed by atoms with Crippen molar-refractivity contribution in [3.8, 4) is 0 Å². The average molecular weight is 419 g/mol. The SMILES string of the molecule is C[C@H]1C[NH+](CC(=O)Nc2cccc(S(=O)(=O)N(C)c3ccccc3)c2)C[C@H](C)O1. The largest absolute Gasteiger partial charge is 0.364 e. The van der Waals surface area contributed by atoms with Gasteiger partial charge in [-0.25, -0.2) is 8.42 Å². The molecule has 2 aromatic rings. The first-order valence-corrected chi connectivity index (χ1v) is 11.1. The molecule has 0 aliphatic carbocycles. The Morgan fingerprint density at radius 2 is 1.76 bits per heavy atom. The van der Waals surface area contributed by atoms with Gasteiger partial charge in [-0.3, -0.25) is 9.10 Å². The first-order valence-electron chi connectivity index (χ1n) is 9.68. The molecule has 0 aromatic heterocycles. The van der Waals surface area contributed by atoms with Crippen LogP contribution >= 0.6 is 0 Å². The number of morpholine rings is 1. The third-order valence-corrected chi connectivity index (χ3v) is 6.70. The number of carbonyl (C=O) groups excluding carboxylic acids is 1. The molecule has 0 radical (unpaired) electrons. The Hall–Kier alpha value is -2.42. The van der Waals surface area contributed by atoms with Gasteiger partial charge in [0.2, 0.25) is 0 Å². The number of hydrogen-bond acceptors (Lipinski definition) is 4. The Balaban J connectivity index is 1.70. The topological polar surface area (TPSA) is 80.2 Å². The average Bonchev–Trinajstić information content (AvgIpc) is 2.67. The van der Waals surface area contributed by atoms with Crippen LogP contribution in [0.3, 0.4) is 0 Å². The van der Waals surface area contributed by atoms with Gasteiger partial charge in [-0.2, -0.15) is 0 Å². The van der Waals surface area contributed by atoms with E-state index < -0.39 is 10.0 Å². The molecule has 2 aromatic carbocycles. The molecule has 3 rings (SSSR count). The maximum Gasteiger partial charge on any atom is 0.279 e. The van der Waals surface area contributed by atoms with Crippen molar-refractivity contribution in [2.24, 2.45) is 0 Å². The van der Waals surface area contributed by atoms with E-state index >= 15 is 0 Å². The molecule has 1 aliphatic heterocycles. The zero-order chi connectivity index (χ0) is 21.0. The van der Waals surface area contributed by atoms with Crippen molar-refractivity contribution in [2.75, 3.05) is 36.3 Å². The molecule has 8 heteroatoms. The third-order valence-electron chi connectivity index (χ3n) is 4.92. The predicted molar refractivity (Wildman–Crippen MR) is 113 cm³/mol. The molecule has 1 fully saturated rings. The van der Waals surface area contributed by atoms with Crippen LogP contribution in [0.15, 0.2) is 59.5 Å². The van der Waals surface area contributed by atoms with E-state index in [0.29, 0.717) is 17.9 Å². The molecule has 0 unspecified atom stereocenters. The molecular formula is C21H28N3O4S+. The van der Waals surface area contributed by atoms with Crippen molar-refractivity contribution < 1.29 is 22.8 Å². The van der Waals surface area contributed by atoms with Crippen LogP contribution in [0.25, 0.3) is 0 Å². The minimum Gasteiger partial charge on any atom is -0.364 e. The molecular weight excluding hydrogens is 390 g/mol. The Morgan fingerprint density at radius 3 is 2.41 bits per heavy atom. The summed E-state index contributed by atoms with van der Waals surface area (Å²) in [5, 5.41) is 2.83. The molecule has 2 N–H and O–H groups in total. The second kappa shape index (κ2) is 8.94. The number of quaternary nitrogens is 1. The van der Waals surface area contributed by atoms with Crippen LogP contribution in [0.5, 0.6) is 0 Å². The van der Waals surface area contributed by atoms with Gasteiger partial charge >= 0.3 is 0 Å². The summed E-state index contributed by atoms with van der Waals surface area (Å²) in [4.78, 5) is 13.8. The number of carbonyl (C=O) groups is 1. The van der Waals surface area contributed by atoms with Crippen molar-refractivity contribution >= 4 is 27.3 Å². The van der Waals surface area contributed by atoms with Crippen molar-refractivity contribution in [1.29, 1.82) is 0 Å². The van der Waals surface area contributed by atoms with Crippen LogP contribution in [0.2, 0.25) is 0 Å². The maximum absolute atomic E-state index is 13.0.